The number of aliphatic imine (C=N–C) groups is 1. The SMILES string of the molecule is CCNC(=NCC1CCSCC1)N1CCC(C2(C)NC(=O)NC2=O)CC1. The van der Waals surface area contributed by atoms with E-state index in [1.165, 1.54) is 24.3 Å². The maximum atomic E-state index is 12.2. The van der Waals surface area contributed by atoms with Crippen molar-refractivity contribution in [1.82, 2.24) is 20.9 Å². The summed E-state index contributed by atoms with van der Waals surface area (Å²) in [4.78, 5) is 30.9. The molecule has 0 saturated carbocycles. The molecule has 0 spiro atoms. The van der Waals surface area contributed by atoms with Crippen molar-refractivity contribution in [2.45, 2.75) is 45.1 Å². The number of urea groups is 1. The van der Waals surface area contributed by atoms with Gasteiger partial charge in [0.15, 0.2) is 5.96 Å². The fourth-order valence-electron chi connectivity index (χ4n) is 4.08. The number of imide groups is 1. The maximum Gasteiger partial charge on any atom is 0.322 e. The summed E-state index contributed by atoms with van der Waals surface area (Å²) < 4.78 is 0. The van der Waals surface area contributed by atoms with Crippen molar-refractivity contribution in [2.24, 2.45) is 16.8 Å². The second kappa shape index (κ2) is 8.50. The molecule has 0 radical (unpaired) electrons. The Kier molecular flexibility index (Phi) is 6.32. The molecule has 0 aromatic carbocycles. The van der Waals surface area contributed by atoms with Gasteiger partial charge in [0.05, 0.1) is 0 Å². The predicted octanol–water partition coefficient (Wildman–Crippen LogP) is 1.41. The highest BCUT2D eigenvalue weighted by Gasteiger charge is 2.48. The molecule has 3 aliphatic rings. The van der Waals surface area contributed by atoms with Crippen LogP contribution in [0.25, 0.3) is 0 Å². The molecule has 0 aromatic rings. The minimum Gasteiger partial charge on any atom is -0.357 e. The van der Waals surface area contributed by atoms with E-state index < -0.39 is 5.54 Å². The van der Waals surface area contributed by atoms with Gasteiger partial charge in [-0.25, -0.2) is 4.79 Å². The van der Waals surface area contributed by atoms with Gasteiger partial charge < -0.3 is 15.5 Å². The second-order valence-electron chi connectivity index (χ2n) is 7.62. The molecule has 3 rings (SSSR count). The van der Waals surface area contributed by atoms with Crippen LogP contribution in [-0.4, -0.2) is 66.0 Å². The quantitative estimate of drug-likeness (QED) is 0.389. The monoisotopic (exact) mass is 381 g/mol. The average Bonchev–Trinajstić information content (AvgIpc) is 2.92. The van der Waals surface area contributed by atoms with Gasteiger partial charge in [0.1, 0.15) is 5.54 Å². The van der Waals surface area contributed by atoms with Crippen molar-refractivity contribution in [3.8, 4) is 0 Å². The number of likely N-dealkylation sites (tertiary alicyclic amines) is 1. The Bertz CT molecular complexity index is 556. The molecule has 1 unspecified atom stereocenters. The Morgan fingerprint density at radius 2 is 1.96 bits per heavy atom. The number of nitrogens with one attached hydrogen (secondary N) is 3. The summed E-state index contributed by atoms with van der Waals surface area (Å²) in [6.45, 7) is 7.41. The van der Waals surface area contributed by atoms with Gasteiger partial charge in [-0.1, -0.05) is 0 Å². The van der Waals surface area contributed by atoms with Crippen molar-refractivity contribution in [3.63, 3.8) is 0 Å². The summed E-state index contributed by atoms with van der Waals surface area (Å²) in [5.74, 6) is 4.18. The molecule has 0 bridgehead atoms. The van der Waals surface area contributed by atoms with Crippen molar-refractivity contribution in [1.29, 1.82) is 0 Å². The first kappa shape index (κ1) is 19.3. The topological polar surface area (TPSA) is 85.8 Å². The van der Waals surface area contributed by atoms with Crippen molar-refractivity contribution in [2.75, 3.05) is 37.7 Å². The molecule has 1 atom stereocenters. The summed E-state index contributed by atoms with van der Waals surface area (Å²) >= 11 is 2.05. The molecule has 3 N–H and O–H groups in total. The molecular formula is C18H31N5O2S. The van der Waals surface area contributed by atoms with E-state index >= 15 is 0 Å². The van der Waals surface area contributed by atoms with Gasteiger partial charge in [-0.15, -0.1) is 0 Å². The normalized spacial score (nSPS) is 28.8. The van der Waals surface area contributed by atoms with E-state index in [1.54, 1.807) is 0 Å². The fourth-order valence-corrected chi connectivity index (χ4v) is 5.29. The second-order valence-corrected chi connectivity index (χ2v) is 8.85. The van der Waals surface area contributed by atoms with Crippen molar-refractivity contribution >= 4 is 29.7 Å². The number of nitrogens with zero attached hydrogens (tertiary/aromatic N) is 2. The Morgan fingerprint density at radius 1 is 1.27 bits per heavy atom. The lowest BCUT2D eigenvalue weighted by atomic mass is 9.79. The third-order valence-corrected chi connectivity index (χ3v) is 6.91. The summed E-state index contributed by atoms with van der Waals surface area (Å²) in [7, 11) is 0. The molecule has 26 heavy (non-hydrogen) atoms. The number of hydrogen-bond donors (Lipinski definition) is 3. The van der Waals surface area contributed by atoms with Gasteiger partial charge in [-0.2, -0.15) is 11.8 Å². The third kappa shape index (κ3) is 4.27. The molecule has 3 aliphatic heterocycles. The van der Waals surface area contributed by atoms with Gasteiger partial charge in [0.2, 0.25) is 0 Å². The van der Waals surface area contributed by atoms with Crippen molar-refractivity contribution in [3.05, 3.63) is 0 Å². The lowest BCUT2D eigenvalue weighted by Gasteiger charge is -2.39. The molecule has 3 fully saturated rings. The molecule has 3 amide bonds. The smallest absolute Gasteiger partial charge is 0.322 e. The average molecular weight is 382 g/mol. The van der Waals surface area contributed by atoms with E-state index in [0.717, 1.165) is 45.0 Å². The summed E-state index contributed by atoms with van der Waals surface area (Å²) in [5, 5.41) is 8.62. The number of piperidine rings is 1. The molecule has 146 valence electrons. The molecule has 3 heterocycles. The standard InChI is InChI=1S/C18H31N5O2S/c1-3-19-16(20-12-13-6-10-26-11-7-13)23-8-4-14(5-9-23)18(2)15(24)21-17(25)22-18/h13-14H,3-12H2,1-2H3,(H,19,20)(H2,21,22,24,25). The lowest BCUT2D eigenvalue weighted by Crippen LogP contribution is -2.55. The van der Waals surface area contributed by atoms with Crippen LogP contribution in [0.3, 0.4) is 0 Å². The Hall–Kier alpha value is -1.44. The van der Waals surface area contributed by atoms with E-state index in [9.17, 15) is 9.59 Å². The van der Waals surface area contributed by atoms with Gasteiger partial charge in [-0.3, -0.25) is 15.1 Å². The van der Waals surface area contributed by atoms with Crippen LogP contribution >= 0.6 is 11.8 Å². The lowest BCUT2D eigenvalue weighted by molar-refractivity contribution is -0.125. The van der Waals surface area contributed by atoms with E-state index in [0.29, 0.717) is 5.92 Å². The van der Waals surface area contributed by atoms with Crippen LogP contribution in [0.15, 0.2) is 4.99 Å². The van der Waals surface area contributed by atoms with Crippen molar-refractivity contribution < 1.29 is 9.59 Å². The van der Waals surface area contributed by atoms with Gasteiger partial charge >= 0.3 is 6.03 Å². The number of carbonyl (C=O) groups is 2. The van der Waals surface area contributed by atoms with Crippen LogP contribution in [0.5, 0.6) is 0 Å². The van der Waals surface area contributed by atoms with Crippen LogP contribution in [-0.2, 0) is 4.79 Å². The fraction of sp³-hybridized carbons (Fsp3) is 0.833. The molecule has 0 aromatic heterocycles. The minimum atomic E-state index is -0.779. The summed E-state index contributed by atoms with van der Waals surface area (Å²) in [6, 6.07) is -0.375. The summed E-state index contributed by atoms with van der Waals surface area (Å²) in [6.07, 6.45) is 4.27. The van der Waals surface area contributed by atoms with Gasteiger partial charge in [0.25, 0.3) is 5.91 Å². The number of carbonyl (C=O) groups excluding carboxylic acids is 2. The number of thioether (sulfide) groups is 1. The van der Waals surface area contributed by atoms with E-state index in [-0.39, 0.29) is 17.9 Å². The zero-order valence-corrected chi connectivity index (χ0v) is 16.7. The summed E-state index contributed by atoms with van der Waals surface area (Å²) in [5.41, 5.74) is -0.779. The third-order valence-electron chi connectivity index (χ3n) is 5.86. The van der Waals surface area contributed by atoms with Crippen LogP contribution in [0.2, 0.25) is 0 Å². The number of guanidine groups is 1. The highest BCUT2D eigenvalue weighted by molar-refractivity contribution is 7.99. The number of hydrogen-bond acceptors (Lipinski definition) is 4. The molecule has 0 aliphatic carbocycles. The van der Waals surface area contributed by atoms with Crippen LogP contribution in [0, 0.1) is 11.8 Å². The highest BCUT2D eigenvalue weighted by atomic mass is 32.2. The van der Waals surface area contributed by atoms with E-state index in [4.69, 9.17) is 4.99 Å². The van der Waals surface area contributed by atoms with Gasteiger partial charge in [0, 0.05) is 26.2 Å². The van der Waals surface area contributed by atoms with Crippen LogP contribution in [0.1, 0.15) is 39.5 Å². The first-order valence-corrected chi connectivity index (χ1v) is 10.9. The molecule has 7 nitrogen and oxygen atoms in total. The molecule has 3 saturated heterocycles. The Balaban J connectivity index is 1.57. The minimum absolute atomic E-state index is 0.156. The largest absolute Gasteiger partial charge is 0.357 e. The number of amides is 3. The van der Waals surface area contributed by atoms with Gasteiger partial charge in [-0.05, 0) is 62.9 Å². The van der Waals surface area contributed by atoms with Crippen LogP contribution in [0.4, 0.5) is 4.79 Å². The Morgan fingerprint density at radius 3 is 2.54 bits per heavy atom. The first-order valence-electron chi connectivity index (χ1n) is 9.77. The van der Waals surface area contributed by atoms with E-state index in [2.05, 4.69) is 27.8 Å². The maximum absolute atomic E-state index is 12.2. The molecule has 8 heteroatoms. The zero-order valence-electron chi connectivity index (χ0n) is 15.8. The number of rotatable bonds is 4. The molecular weight excluding hydrogens is 350 g/mol. The van der Waals surface area contributed by atoms with Crippen LogP contribution < -0.4 is 16.0 Å². The van der Waals surface area contributed by atoms with E-state index in [1.807, 2.05) is 18.7 Å². The predicted molar refractivity (Wildman–Crippen MR) is 105 cm³/mol. The first-order chi connectivity index (χ1) is 12.5. The zero-order chi connectivity index (χ0) is 18.6. The Labute approximate surface area is 160 Å². The highest BCUT2D eigenvalue weighted by Crippen LogP contribution is 2.30.